The average Bonchev–Trinajstić information content (AvgIpc) is 3.69. The van der Waals surface area contributed by atoms with Crippen LogP contribution in [0.3, 0.4) is 0 Å². The maximum Gasteiger partial charge on any atom is 0.122 e. The summed E-state index contributed by atoms with van der Waals surface area (Å²) in [5, 5.41) is 22.7. The Balaban J connectivity index is 1.39. The Morgan fingerprint density at radius 1 is 0.429 bits per heavy atom. The van der Waals surface area contributed by atoms with Crippen LogP contribution in [0.2, 0.25) is 0 Å². The molecule has 4 aliphatic rings. The first-order valence-electron chi connectivity index (χ1n) is 14.6. The molecule has 2 nitrogen and oxygen atoms in total. The smallest absolute Gasteiger partial charge is 0.122 e. The molecule has 0 spiro atoms. The summed E-state index contributed by atoms with van der Waals surface area (Å²) in [5.74, 6) is 3.27. The number of hydrogen-bond acceptors (Lipinski definition) is 3. The summed E-state index contributed by atoms with van der Waals surface area (Å²) in [5.41, 5.74) is 4.83. The van der Waals surface area contributed by atoms with Crippen molar-refractivity contribution in [3.8, 4) is 11.5 Å². The number of aromatic hydroxyl groups is 2. The number of hydrogen-bond donors (Lipinski definition) is 2. The van der Waals surface area contributed by atoms with Gasteiger partial charge in [0, 0.05) is 9.79 Å². The molecule has 4 saturated carbocycles. The Morgan fingerprint density at radius 2 is 0.657 bits per heavy atom. The van der Waals surface area contributed by atoms with Crippen LogP contribution in [0.5, 0.6) is 11.5 Å². The van der Waals surface area contributed by atoms with E-state index in [1.54, 1.807) is 0 Å². The van der Waals surface area contributed by atoms with Crippen molar-refractivity contribution in [1.29, 1.82) is 0 Å². The SMILES string of the molecule is Oc1c(C2CCCC2)cc(Sc2cc(C3CCCC3)c(O)c(C3CCCC3)c2)cc1C1CCCC1. The molecule has 0 aromatic heterocycles. The Kier molecular flexibility index (Phi) is 7.06. The first kappa shape index (κ1) is 23.8. The molecule has 0 radical (unpaired) electrons. The number of phenolic OH excluding ortho intramolecular Hbond substituents is 2. The molecular formula is C32H42O2S. The lowest BCUT2D eigenvalue weighted by Crippen LogP contribution is -2.02. The molecule has 4 fully saturated rings. The van der Waals surface area contributed by atoms with Gasteiger partial charge in [-0.3, -0.25) is 0 Å². The topological polar surface area (TPSA) is 40.5 Å². The Hall–Kier alpha value is -1.61. The predicted molar refractivity (Wildman–Crippen MR) is 145 cm³/mol. The van der Waals surface area contributed by atoms with E-state index in [1.807, 2.05) is 11.8 Å². The number of rotatable bonds is 6. The van der Waals surface area contributed by atoms with Gasteiger partial charge in [0.25, 0.3) is 0 Å². The van der Waals surface area contributed by atoms with E-state index in [2.05, 4.69) is 24.3 Å². The number of benzene rings is 2. The van der Waals surface area contributed by atoms with Crippen molar-refractivity contribution in [2.45, 2.75) is 136 Å². The van der Waals surface area contributed by atoms with Crippen molar-refractivity contribution in [3.63, 3.8) is 0 Å². The van der Waals surface area contributed by atoms with E-state index in [-0.39, 0.29) is 0 Å². The van der Waals surface area contributed by atoms with E-state index in [9.17, 15) is 10.2 Å². The second kappa shape index (κ2) is 10.4. The van der Waals surface area contributed by atoms with E-state index in [0.29, 0.717) is 35.2 Å². The minimum Gasteiger partial charge on any atom is -0.507 e. The van der Waals surface area contributed by atoms with Crippen LogP contribution in [0.15, 0.2) is 34.1 Å². The van der Waals surface area contributed by atoms with Crippen molar-refractivity contribution in [1.82, 2.24) is 0 Å². The summed E-state index contributed by atoms with van der Waals surface area (Å²) in [6.07, 6.45) is 20.0. The van der Waals surface area contributed by atoms with Crippen LogP contribution in [0.1, 0.15) is 149 Å². The summed E-state index contributed by atoms with van der Waals surface area (Å²) in [4.78, 5) is 2.57. The fourth-order valence-corrected chi connectivity index (χ4v) is 8.76. The standard InChI is InChI=1S/C32H42O2S/c33-31-27(21-9-1-2-10-21)17-25(18-28(31)22-11-3-4-12-22)35-26-19-29(23-13-5-6-14-23)32(34)30(20-26)24-15-7-8-16-24/h17-24,33-34H,1-16H2. The highest BCUT2D eigenvalue weighted by Gasteiger charge is 2.29. The zero-order valence-electron chi connectivity index (χ0n) is 21.2. The highest BCUT2D eigenvalue weighted by atomic mass is 32.2. The normalized spacial score (nSPS) is 22.6. The molecular weight excluding hydrogens is 448 g/mol. The van der Waals surface area contributed by atoms with Gasteiger partial charge in [0.15, 0.2) is 0 Å². The van der Waals surface area contributed by atoms with Crippen LogP contribution in [-0.4, -0.2) is 10.2 Å². The molecule has 0 bridgehead atoms. The Bertz CT molecular complexity index is 878. The molecule has 0 aliphatic heterocycles. The number of phenols is 2. The maximum absolute atomic E-state index is 11.4. The molecule has 0 atom stereocenters. The lowest BCUT2D eigenvalue weighted by Gasteiger charge is -2.22. The van der Waals surface area contributed by atoms with Gasteiger partial charge in [-0.05, 0) is 122 Å². The molecule has 2 aromatic carbocycles. The van der Waals surface area contributed by atoms with Crippen molar-refractivity contribution in [2.24, 2.45) is 0 Å². The van der Waals surface area contributed by atoms with Gasteiger partial charge in [0.2, 0.25) is 0 Å². The fourth-order valence-electron chi connectivity index (χ4n) is 7.75. The monoisotopic (exact) mass is 490 g/mol. The van der Waals surface area contributed by atoms with Crippen LogP contribution < -0.4 is 0 Å². The molecule has 0 unspecified atom stereocenters. The highest BCUT2D eigenvalue weighted by molar-refractivity contribution is 7.99. The van der Waals surface area contributed by atoms with E-state index in [1.165, 1.54) is 135 Å². The first-order valence-corrected chi connectivity index (χ1v) is 15.4. The highest BCUT2D eigenvalue weighted by Crippen LogP contribution is 2.50. The van der Waals surface area contributed by atoms with Crippen molar-refractivity contribution in [3.05, 3.63) is 46.5 Å². The van der Waals surface area contributed by atoms with Gasteiger partial charge < -0.3 is 10.2 Å². The molecule has 6 rings (SSSR count). The van der Waals surface area contributed by atoms with Gasteiger partial charge in [0.1, 0.15) is 11.5 Å². The van der Waals surface area contributed by atoms with E-state index < -0.39 is 0 Å². The van der Waals surface area contributed by atoms with E-state index in [0.717, 1.165) is 0 Å². The minimum atomic E-state index is 0.513. The van der Waals surface area contributed by atoms with Gasteiger partial charge in [-0.25, -0.2) is 0 Å². The van der Waals surface area contributed by atoms with Crippen LogP contribution in [0.25, 0.3) is 0 Å². The summed E-state index contributed by atoms with van der Waals surface area (Å²) in [7, 11) is 0. The Morgan fingerprint density at radius 3 is 0.886 bits per heavy atom. The van der Waals surface area contributed by atoms with Crippen LogP contribution in [0, 0.1) is 0 Å². The average molecular weight is 491 g/mol. The van der Waals surface area contributed by atoms with Gasteiger partial charge in [-0.1, -0.05) is 63.1 Å². The van der Waals surface area contributed by atoms with Gasteiger partial charge in [0.05, 0.1) is 0 Å². The van der Waals surface area contributed by atoms with Gasteiger partial charge in [-0.2, -0.15) is 0 Å². The molecule has 2 aromatic rings. The van der Waals surface area contributed by atoms with Gasteiger partial charge >= 0.3 is 0 Å². The molecule has 3 heteroatoms. The largest absolute Gasteiger partial charge is 0.507 e. The van der Waals surface area contributed by atoms with Crippen molar-refractivity contribution < 1.29 is 10.2 Å². The molecule has 2 N–H and O–H groups in total. The second-order valence-electron chi connectivity index (χ2n) is 11.9. The molecule has 188 valence electrons. The van der Waals surface area contributed by atoms with Crippen LogP contribution in [-0.2, 0) is 0 Å². The molecule has 0 saturated heterocycles. The Labute approximate surface area is 215 Å². The fraction of sp³-hybridized carbons (Fsp3) is 0.625. The molecule has 0 amide bonds. The summed E-state index contributed by atoms with van der Waals surface area (Å²) in [6.45, 7) is 0. The van der Waals surface area contributed by atoms with Crippen molar-refractivity contribution >= 4 is 11.8 Å². The summed E-state index contributed by atoms with van der Waals surface area (Å²) < 4.78 is 0. The lowest BCUT2D eigenvalue weighted by atomic mass is 9.89. The second-order valence-corrected chi connectivity index (χ2v) is 13.1. The van der Waals surface area contributed by atoms with E-state index >= 15 is 0 Å². The maximum atomic E-state index is 11.4. The zero-order chi connectivity index (χ0) is 23.8. The third kappa shape index (κ3) is 4.87. The summed E-state index contributed by atoms with van der Waals surface area (Å²) >= 11 is 1.87. The lowest BCUT2D eigenvalue weighted by molar-refractivity contribution is 0.446. The zero-order valence-corrected chi connectivity index (χ0v) is 22.1. The van der Waals surface area contributed by atoms with Crippen molar-refractivity contribution in [2.75, 3.05) is 0 Å². The molecule has 35 heavy (non-hydrogen) atoms. The molecule has 0 heterocycles. The minimum absolute atomic E-state index is 0.513. The summed E-state index contributed by atoms with van der Waals surface area (Å²) in [6, 6.07) is 9.25. The van der Waals surface area contributed by atoms with Crippen LogP contribution >= 0.6 is 11.8 Å². The van der Waals surface area contributed by atoms with Crippen LogP contribution in [0.4, 0.5) is 0 Å². The quantitative estimate of drug-likeness (QED) is 0.423. The predicted octanol–water partition coefficient (Wildman–Crippen LogP) is 9.88. The van der Waals surface area contributed by atoms with Gasteiger partial charge in [-0.15, -0.1) is 0 Å². The molecule has 4 aliphatic carbocycles. The van der Waals surface area contributed by atoms with E-state index in [4.69, 9.17) is 0 Å². The first-order chi connectivity index (χ1) is 17.2. The third-order valence-electron chi connectivity index (χ3n) is 9.70. The third-order valence-corrected chi connectivity index (χ3v) is 10.6.